The van der Waals surface area contributed by atoms with Gasteiger partial charge in [0.2, 0.25) is 0 Å². The lowest BCUT2D eigenvalue weighted by Gasteiger charge is -2.12. The highest BCUT2D eigenvalue weighted by Crippen LogP contribution is 2.37. The zero-order chi connectivity index (χ0) is 17.7. The Morgan fingerprint density at radius 1 is 1.17 bits per heavy atom. The van der Waals surface area contributed by atoms with Crippen molar-refractivity contribution in [2.45, 2.75) is 6.42 Å². The quantitative estimate of drug-likeness (QED) is 0.501. The first-order chi connectivity index (χ1) is 11.5. The normalized spacial score (nSPS) is 16.2. The zero-order valence-corrected chi connectivity index (χ0v) is 16.0. The van der Waals surface area contributed by atoms with Crippen LogP contribution in [-0.2, 0) is 9.53 Å². The van der Waals surface area contributed by atoms with Crippen molar-refractivity contribution in [3.8, 4) is 11.5 Å². The van der Waals surface area contributed by atoms with Crippen LogP contribution in [0.4, 0.5) is 4.79 Å². The van der Waals surface area contributed by atoms with Crippen molar-refractivity contribution in [2.24, 2.45) is 0 Å². The number of thioether (sulfide) groups is 1. The summed E-state index contributed by atoms with van der Waals surface area (Å²) < 4.78 is 16.3. The van der Waals surface area contributed by atoms with E-state index in [-0.39, 0.29) is 11.1 Å². The van der Waals surface area contributed by atoms with Gasteiger partial charge in [0, 0.05) is 31.9 Å². The first-order valence-electron chi connectivity index (χ1n) is 7.17. The molecule has 0 bridgehead atoms. The number of carbonyl (C=O) groups excluding carboxylic acids is 2. The molecular weight excluding hydrogens is 398 g/mol. The standard InChI is InChI=1S/C16H18BrNO5S/c1-21-6-4-5-18-15(19)14(24-16(18)20)8-10-7-11(17)13(23-3)9-12(10)22-2/h7-9H,4-6H2,1-3H3/b14-8+. The second kappa shape index (κ2) is 8.55. The molecule has 1 saturated heterocycles. The number of halogens is 1. The topological polar surface area (TPSA) is 65.1 Å². The summed E-state index contributed by atoms with van der Waals surface area (Å²) >= 11 is 4.33. The molecule has 6 nitrogen and oxygen atoms in total. The summed E-state index contributed by atoms with van der Waals surface area (Å²) in [6.45, 7) is 0.847. The van der Waals surface area contributed by atoms with Crippen LogP contribution >= 0.6 is 27.7 Å². The minimum Gasteiger partial charge on any atom is -0.496 e. The first-order valence-corrected chi connectivity index (χ1v) is 8.78. The van der Waals surface area contributed by atoms with Crippen LogP contribution in [0.5, 0.6) is 11.5 Å². The zero-order valence-electron chi connectivity index (χ0n) is 13.6. The number of amides is 2. The number of nitrogens with zero attached hydrogens (tertiary/aromatic N) is 1. The van der Waals surface area contributed by atoms with Gasteiger partial charge in [-0.05, 0) is 46.3 Å². The summed E-state index contributed by atoms with van der Waals surface area (Å²) in [5, 5.41) is -0.270. The Hall–Kier alpha value is -1.51. The third-order valence-electron chi connectivity index (χ3n) is 3.39. The summed E-state index contributed by atoms with van der Waals surface area (Å²) in [5.41, 5.74) is 0.688. The van der Waals surface area contributed by atoms with Crippen LogP contribution in [-0.4, -0.2) is 50.5 Å². The van der Waals surface area contributed by atoms with Crippen LogP contribution in [0.1, 0.15) is 12.0 Å². The van der Waals surface area contributed by atoms with Crippen molar-refractivity contribution < 1.29 is 23.8 Å². The summed E-state index contributed by atoms with van der Waals surface area (Å²) in [6, 6.07) is 3.51. The summed E-state index contributed by atoms with van der Waals surface area (Å²) in [4.78, 5) is 26.1. The molecule has 8 heteroatoms. The number of hydrogen-bond acceptors (Lipinski definition) is 6. The predicted octanol–water partition coefficient (Wildman–Crippen LogP) is 3.54. The number of hydrogen-bond donors (Lipinski definition) is 0. The van der Waals surface area contributed by atoms with Gasteiger partial charge in [0.25, 0.3) is 11.1 Å². The lowest BCUT2D eigenvalue weighted by Crippen LogP contribution is -2.29. The maximum absolute atomic E-state index is 12.4. The number of ether oxygens (including phenoxy) is 3. The Labute approximate surface area is 153 Å². The van der Waals surface area contributed by atoms with Gasteiger partial charge in [-0.2, -0.15) is 0 Å². The predicted molar refractivity (Wildman–Crippen MR) is 96.4 cm³/mol. The highest BCUT2D eigenvalue weighted by atomic mass is 79.9. The average molecular weight is 416 g/mol. The lowest BCUT2D eigenvalue weighted by molar-refractivity contribution is -0.122. The van der Waals surface area contributed by atoms with E-state index in [1.165, 1.54) is 12.0 Å². The van der Waals surface area contributed by atoms with E-state index in [1.807, 2.05) is 0 Å². The SMILES string of the molecule is COCCCN1C(=O)S/C(=C/c2cc(Br)c(OC)cc2OC)C1=O. The molecule has 2 rings (SSSR count). The van der Waals surface area contributed by atoms with E-state index in [2.05, 4.69) is 15.9 Å². The third kappa shape index (κ3) is 4.12. The van der Waals surface area contributed by atoms with Gasteiger partial charge in [-0.25, -0.2) is 0 Å². The molecule has 0 unspecified atom stereocenters. The fourth-order valence-electron chi connectivity index (χ4n) is 2.20. The van der Waals surface area contributed by atoms with E-state index < -0.39 is 0 Å². The van der Waals surface area contributed by atoms with Gasteiger partial charge in [0.05, 0.1) is 23.6 Å². The van der Waals surface area contributed by atoms with Crippen molar-refractivity contribution in [1.82, 2.24) is 4.90 Å². The molecule has 24 heavy (non-hydrogen) atoms. The van der Waals surface area contributed by atoms with Crippen molar-refractivity contribution in [3.05, 3.63) is 27.1 Å². The lowest BCUT2D eigenvalue weighted by atomic mass is 10.1. The molecule has 130 valence electrons. The molecule has 0 spiro atoms. The Morgan fingerprint density at radius 3 is 2.50 bits per heavy atom. The average Bonchev–Trinajstić information content (AvgIpc) is 2.82. The van der Waals surface area contributed by atoms with E-state index >= 15 is 0 Å². The molecule has 0 radical (unpaired) electrons. The maximum atomic E-state index is 12.4. The molecule has 0 N–H and O–H groups in total. The van der Waals surface area contributed by atoms with Gasteiger partial charge < -0.3 is 14.2 Å². The van der Waals surface area contributed by atoms with E-state index in [1.54, 1.807) is 32.4 Å². The van der Waals surface area contributed by atoms with Crippen LogP contribution in [0, 0.1) is 0 Å². The second-order valence-corrected chi connectivity index (χ2v) is 6.76. The molecule has 1 fully saturated rings. The van der Waals surface area contributed by atoms with E-state index in [9.17, 15) is 9.59 Å². The van der Waals surface area contributed by atoms with Gasteiger partial charge in [-0.15, -0.1) is 0 Å². The highest BCUT2D eigenvalue weighted by molar-refractivity contribution is 9.10. The van der Waals surface area contributed by atoms with Crippen LogP contribution in [0.15, 0.2) is 21.5 Å². The van der Waals surface area contributed by atoms with Gasteiger partial charge in [0.15, 0.2) is 0 Å². The number of methoxy groups -OCH3 is 3. The molecule has 0 atom stereocenters. The molecule has 0 aromatic heterocycles. The van der Waals surface area contributed by atoms with Crippen LogP contribution in [0.3, 0.4) is 0 Å². The minimum atomic E-state index is -0.296. The number of rotatable bonds is 7. The molecule has 1 aromatic carbocycles. The Balaban J connectivity index is 2.27. The monoisotopic (exact) mass is 415 g/mol. The molecule has 0 saturated carbocycles. The van der Waals surface area contributed by atoms with Crippen LogP contribution < -0.4 is 9.47 Å². The van der Waals surface area contributed by atoms with E-state index in [0.717, 1.165) is 16.2 Å². The summed E-state index contributed by atoms with van der Waals surface area (Å²) in [7, 11) is 4.68. The van der Waals surface area contributed by atoms with Gasteiger partial charge in [0.1, 0.15) is 11.5 Å². The third-order valence-corrected chi connectivity index (χ3v) is 4.92. The fraction of sp³-hybridized carbons (Fsp3) is 0.375. The molecule has 1 aliphatic rings. The number of benzene rings is 1. The van der Waals surface area contributed by atoms with Crippen LogP contribution in [0.25, 0.3) is 6.08 Å². The van der Waals surface area contributed by atoms with Crippen molar-refractivity contribution in [1.29, 1.82) is 0 Å². The summed E-state index contributed by atoms with van der Waals surface area (Å²) in [5.74, 6) is 0.882. The Morgan fingerprint density at radius 2 is 1.88 bits per heavy atom. The van der Waals surface area contributed by atoms with Crippen molar-refractivity contribution >= 4 is 44.9 Å². The molecule has 1 aliphatic heterocycles. The first kappa shape index (κ1) is 18.8. The fourth-order valence-corrected chi connectivity index (χ4v) is 3.58. The van der Waals surface area contributed by atoms with Crippen LogP contribution in [0.2, 0.25) is 0 Å². The van der Waals surface area contributed by atoms with E-state index in [4.69, 9.17) is 14.2 Å². The smallest absolute Gasteiger partial charge is 0.293 e. The molecule has 2 amide bonds. The Kier molecular flexibility index (Phi) is 6.70. The molecular formula is C16H18BrNO5S. The van der Waals surface area contributed by atoms with E-state index in [0.29, 0.717) is 41.5 Å². The Bertz CT molecular complexity index is 677. The number of carbonyl (C=O) groups is 2. The maximum Gasteiger partial charge on any atom is 0.293 e. The van der Waals surface area contributed by atoms with Gasteiger partial charge >= 0.3 is 0 Å². The minimum absolute atomic E-state index is 0.270. The van der Waals surface area contributed by atoms with Crippen molar-refractivity contribution in [2.75, 3.05) is 34.5 Å². The summed E-state index contributed by atoms with van der Waals surface area (Å²) in [6.07, 6.45) is 2.27. The molecule has 1 aromatic rings. The highest BCUT2D eigenvalue weighted by Gasteiger charge is 2.34. The second-order valence-electron chi connectivity index (χ2n) is 4.91. The number of imide groups is 1. The largest absolute Gasteiger partial charge is 0.496 e. The molecule has 1 heterocycles. The van der Waals surface area contributed by atoms with Gasteiger partial charge in [-0.3, -0.25) is 14.5 Å². The van der Waals surface area contributed by atoms with Crippen molar-refractivity contribution in [3.63, 3.8) is 0 Å². The van der Waals surface area contributed by atoms with Gasteiger partial charge in [-0.1, -0.05) is 0 Å². The molecule has 0 aliphatic carbocycles.